The van der Waals surface area contributed by atoms with Crippen molar-refractivity contribution in [1.82, 2.24) is 4.31 Å². The monoisotopic (exact) mass is 342 g/mol. The Labute approximate surface area is 135 Å². The molecule has 126 valence electrons. The molecule has 1 fully saturated rings. The second-order valence-electron chi connectivity index (χ2n) is 6.00. The maximum atomic E-state index is 13.3. The molecule has 1 atom stereocenters. The van der Waals surface area contributed by atoms with E-state index in [-0.39, 0.29) is 30.2 Å². The van der Waals surface area contributed by atoms with Gasteiger partial charge in [0.25, 0.3) is 0 Å². The smallest absolute Gasteiger partial charge is 0.244 e. The number of ether oxygens (including phenoxy) is 2. The highest BCUT2D eigenvalue weighted by molar-refractivity contribution is 7.89. The first kappa shape index (κ1) is 17.8. The Bertz CT molecular complexity index is 727. The van der Waals surface area contributed by atoms with E-state index in [4.69, 9.17) is 14.7 Å². The third-order valence-electron chi connectivity index (χ3n) is 3.48. The molecule has 2 rings (SSSR count). The third-order valence-corrected chi connectivity index (χ3v) is 5.35. The number of nitriles is 1. The Balaban J connectivity index is 2.41. The summed E-state index contributed by atoms with van der Waals surface area (Å²) >= 11 is 0. The van der Waals surface area contributed by atoms with Crippen molar-refractivity contribution in [3.05, 3.63) is 29.6 Å². The number of hydrogen-bond donors (Lipinski definition) is 0. The molecular weight excluding hydrogens is 323 g/mol. The fourth-order valence-corrected chi connectivity index (χ4v) is 4.40. The predicted octanol–water partition coefficient (Wildman–Crippen LogP) is 1.51. The molecule has 1 aromatic rings. The maximum absolute atomic E-state index is 13.3. The van der Waals surface area contributed by atoms with Crippen LogP contribution in [-0.4, -0.2) is 51.2 Å². The molecule has 0 spiro atoms. The summed E-state index contributed by atoms with van der Waals surface area (Å²) in [5.41, 5.74) is -0.904. The number of rotatable bonds is 4. The number of benzene rings is 1. The molecule has 0 unspecified atom stereocenters. The van der Waals surface area contributed by atoms with Crippen molar-refractivity contribution < 1.29 is 22.3 Å². The zero-order chi connectivity index (χ0) is 17.3. The van der Waals surface area contributed by atoms with E-state index in [1.54, 1.807) is 19.9 Å². The van der Waals surface area contributed by atoms with Gasteiger partial charge >= 0.3 is 0 Å². The topological polar surface area (TPSA) is 79.6 Å². The second kappa shape index (κ2) is 6.53. The first-order valence-corrected chi connectivity index (χ1v) is 8.50. The van der Waals surface area contributed by atoms with Gasteiger partial charge in [0.15, 0.2) is 0 Å². The van der Waals surface area contributed by atoms with Crippen molar-refractivity contribution in [3.8, 4) is 6.07 Å². The highest BCUT2D eigenvalue weighted by Crippen LogP contribution is 2.28. The number of methoxy groups -OCH3 is 1. The molecule has 0 N–H and O–H groups in total. The molecule has 0 bridgehead atoms. The molecule has 1 aromatic carbocycles. The molecule has 0 saturated carbocycles. The standard InChI is InChI=1S/C15H19FN2O4S/c1-15(2)10-18(8-13(22-15)9-21-3)23(19,20)14-5-4-12(16)6-11(14)7-17/h4-6,13H,8-10H2,1-3H3/t13-/m0/s1. The molecule has 0 amide bonds. The largest absolute Gasteiger partial charge is 0.382 e. The Morgan fingerprint density at radius 3 is 2.83 bits per heavy atom. The molecule has 0 radical (unpaired) electrons. The lowest BCUT2D eigenvalue weighted by Crippen LogP contribution is -2.55. The van der Waals surface area contributed by atoms with Crippen molar-refractivity contribution >= 4 is 10.0 Å². The summed E-state index contributed by atoms with van der Waals surface area (Å²) in [6.07, 6.45) is -0.412. The van der Waals surface area contributed by atoms with Crippen LogP contribution < -0.4 is 0 Å². The van der Waals surface area contributed by atoms with E-state index in [1.807, 2.05) is 0 Å². The Kier molecular flexibility index (Phi) is 5.06. The molecule has 8 heteroatoms. The van der Waals surface area contributed by atoms with Crippen LogP contribution >= 0.6 is 0 Å². The molecule has 1 aliphatic rings. The van der Waals surface area contributed by atoms with Crippen molar-refractivity contribution in [2.24, 2.45) is 0 Å². The molecule has 6 nitrogen and oxygen atoms in total. The number of halogens is 1. The number of morpholine rings is 1. The van der Waals surface area contributed by atoms with Gasteiger partial charge in [0.1, 0.15) is 16.8 Å². The van der Waals surface area contributed by atoms with E-state index >= 15 is 0 Å². The normalized spacial score (nSPS) is 21.8. The predicted molar refractivity (Wildman–Crippen MR) is 80.7 cm³/mol. The van der Waals surface area contributed by atoms with E-state index in [0.29, 0.717) is 0 Å². The van der Waals surface area contributed by atoms with Crippen LogP contribution in [0.15, 0.2) is 23.1 Å². The summed E-state index contributed by atoms with van der Waals surface area (Å²) in [4.78, 5) is -0.199. The van der Waals surface area contributed by atoms with Crippen LogP contribution in [0.1, 0.15) is 19.4 Å². The van der Waals surface area contributed by atoms with Gasteiger partial charge in [-0.15, -0.1) is 0 Å². The van der Waals surface area contributed by atoms with Gasteiger partial charge in [0.05, 0.1) is 23.9 Å². The van der Waals surface area contributed by atoms with Crippen LogP contribution in [-0.2, 0) is 19.5 Å². The zero-order valence-electron chi connectivity index (χ0n) is 13.2. The third kappa shape index (κ3) is 3.87. The second-order valence-corrected chi connectivity index (χ2v) is 7.91. The number of hydrogen-bond acceptors (Lipinski definition) is 5. The van der Waals surface area contributed by atoms with Crippen molar-refractivity contribution in [1.29, 1.82) is 5.26 Å². The van der Waals surface area contributed by atoms with Crippen molar-refractivity contribution in [3.63, 3.8) is 0 Å². The number of nitrogens with zero attached hydrogens (tertiary/aromatic N) is 2. The maximum Gasteiger partial charge on any atom is 0.244 e. The SMILES string of the molecule is COC[C@@H]1CN(S(=O)(=O)c2ccc(F)cc2C#N)CC(C)(C)O1. The Morgan fingerprint density at radius 2 is 2.22 bits per heavy atom. The van der Waals surface area contributed by atoms with Crippen LogP contribution in [0.4, 0.5) is 4.39 Å². The van der Waals surface area contributed by atoms with Crippen LogP contribution in [0.3, 0.4) is 0 Å². The quantitative estimate of drug-likeness (QED) is 0.829. The van der Waals surface area contributed by atoms with E-state index in [9.17, 15) is 12.8 Å². The van der Waals surface area contributed by atoms with Crippen molar-refractivity contribution in [2.75, 3.05) is 26.8 Å². The fourth-order valence-electron chi connectivity index (χ4n) is 2.65. The van der Waals surface area contributed by atoms with Gasteiger partial charge in [-0.3, -0.25) is 0 Å². The molecule has 1 heterocycles. The summed E-state index contributed by atoms with van der Waals surface area (Å²) in [7, 11) is -2.42. The summed E-state index contributed by atoms with van der Waals surface area (Å²) in [5, 5.41) is 9.10. The van der Waals surface area contributed by atoms with Gasteiger partial charge in [0, 0.05) is 20.2 Å². The first-order valence-electron chi connectivity index (χ1n) is 7.06. The van der Waals surface area contributed by atoms with E-state index in [0.717, 1.165) is 18.2 Å². The summed E-state index contributed by atoms with van der Waals surface area (Å²) < 4.78 is 51.1. The van der Waals surface area contributed by atoms with Crippen LogP contribution in [0.5, 0.6) is 0 Å². The molecule has 0 aromatic heterocycles. The van der Waals surface area contributed by atoms with E-state index < -0.39 is 27.5 Å². The summed E-state index contributed by atoms with van der Waals surface area (Å²) in [6.45, 7) is 4.07. The first-order chi connectivity index (χ1) is 10.7. The van der Waals surface area contributed by atoms with Gasteiger partial charge < -0.3 is 9.47 Å². The minimum Gasteiger partial charge on any atom is -0.382 e. The lowest BCUT2D eigenvalue weighted by atomic mass is 10.1. The van der Waals surface area contributed by atoms with E-state index in [1.165, 1.54) is 11.4 Å². The molecule has 23 heavy (non-hydrogen) atoms. The zero-order valence-corrected chi connectivity index (χ0v) is 14.1. The summed E-state index contributed by atoms with van der Waals surface area (Å²) in [5.74, 6) is -0.653. The van der Waals surface area contributed by atoms with Gasteiger partial charge in [-0.25, -0.2) is 12.8 Å². The van der Waals surface area contributed by atoms with Gasteiger partial charge in [-0.1, -0.05) is 0 Å². The fraction of sp³-hybridized carbons (Fsp3) is 0.533. The molecule has 1 aliphatic heterocycles. The lowest BCUT2D eigenvalue weighted by molar-refractivity contribution is -0.135. The van der Waals surface area contributed by atoms with Crippen LogP contribution in [0.25, 0.3) is 0 Å². The molecule has 1 saturated heterocycles. The van der Waals surface area contributed by atoms with Crippen molar-refractivity contribution in [2.45, 2.75) is 30.4 Å². The average molecular weight is 342 g/mol. The van der Waals surface area contributed by atoms with E-state index in [2.05, 4.69) is 0 Å². The minimum atomic E-state index is -3.94. The van der Waals surface area contributed by atoms with Crippen LogP contribution in [0.2, 0.25) is 0 Å². The lowest BCUT2D eigenvalue weighted by Gasteiger charge is -2.41. The van der Waals surface area contributed by atoms with Gasteiger partial charge in [-0.05, 0) is 32.0 Å². The summed E-state index contributed by atoms with van der Waals surface area (Å²) in [6, 6.07) is 4.81. The Hall–Kier alpha value is -1.53. The highest BCUT2D eigenvalue weighted by atomic mass is 32.2. The van der Waals surface area contributed by atoms with Gasteiger partial charge in [-0.2, -0.15) is 9.57 Å². The van der Waals surface area contributed by atoms with Crippen LogP contribution in [0, 0.1) is 17.1 Å². The Morgan fingerprint density at radius 1 is 1.52 bits per heavy atom. The minimum absolute atomic E-state index is 0.113. The number of sulfonamides is 1. The average Bonchev–Trinajstić information content (AvgIpc) is 2.45. The molecular formula is C15H19FN2O4S. The molecule has 0 aliphatic carbocycles. The highest BCUT2D eigenvalue weighted by Gasteiger charge is 2.40. The van der Waals surface area contributed by atoms with Gasteiger partial charge in [0.2, 0.25) is 10.0 Å².